The molecule has 0 N–H and O–H groups in total. The Hall–Kier alpha value is -4.04. The van der Waals surface area contributed by atoms with E-state index in [1.807, 2.05) is 36.4 Å². The number of ether oxygens (including phenoxy) is 3. The van der Waals surface area contributed by atoms with Gasteiger partial charge >= 0.3 is 11.8 Å². The van der Waals surface area contributed by atoms with Crippen molar-refractivity contribution in [1.82, 2.24) is 5.06 Å². The molecule has 1 atom stereocenters. The van der Waals surface area contributed by atoms with Gasteiger partial charge in [0.25, 0.3) is 0 Å². The van der Waals surface area contributed by atoms with Crippen LogP contribution in [0.2, 0.25) is 0 Å². The first kappa shape index (κ1) is 38.8. The van der Waals surface area contributed by atoms with Gasteiger partial charge in [-0.15, -0.1) is 0 Å². The number of hydrogen-bond acceptors (Lipinski definition) is 6. The summed E-state index contributed by atoms with van der Waals surface area (Å²) in [6.45, 7) is 10.6. The molecule has 1 radical (unpaired) electrons. The minimum Gasteiger partial charge on any atom is -0.714 e. The van der Waals surface area contributed by atoms with Crippen molar-refractivity contribution >= 4 is 11.8 Å². The highest BCUT2D eigenvalue weighted by atomic mass is 16.6. The van der Waals surface area contributed by atoms with E-state index in [2.05, 4.69) is 13.8 Å². The predicted octanol–water partition coefficient (Wildman–Crippen LogP) is 10.1. The van der Waals surface area contributed by atoms with E-state index in [4.69, 9.17) is 14.2 Å². The van der Waals surface area contributed by atoms with Crippen LogP contribution in [0.5, 0.6) is 11.5 Å². The minimum absolute atomic E-state index is 0.00888. The zero-order valence-electron chi connectivity index (χ0n) is 30.9. The van der Waals surface area contributed by atoms with Gasteiger partial charge in [-0.3, -0.25) is 4.74 Å². The maximum atomic E-state index is 13.8. The molecule has 0 bridgehead atoms. The number of benzene rings is 3. The summed E-state index contributed by atoms with van der Waals surface area (Å²) < 4.78 is 18.1. The van der Waals surface area contributed by atoms with Crippen molar-refractivity contribution in [2.75, 3.05) is 19.8 Å². The molecule has 0 aromatic heterocycles. The van der Waals surface area contributed by atoms with Gasteiger partial charge in [-0.25, -0.2) is 4.79 Å². The van der Waals surface area contributed by atoms with Crippen molar-refractivity contribution in [2.45, 2.75) is 123 Å². The number of hydroxylamine groups is 3. The number of hydrogen-bond donors (Lipinski definition) is 0. The second-order valence-corrected chi connectivity index (χ2v) is 14.2. The number of rotatable bonds is 21. The Morgan fingerprint density at radius 2 is 1.06 bits per heavy atom. The fraction of sp³-hybridized carbons (Fsp3) is 0.524. The third kappa shape index (κ3) is 9.81. The summed E-state index contributed by atoms with van der Waals surface area (Å²) in [6, 6.07) is 22.2. The van der Waals surface area contributed by atoms with Gasteiger partial charge in [0.15, 0.2) is 11.1 Å². The number of carbonyl (C=O) groups excluding carboxylic acids is 1. The van der Waals surface area contributed by atoms with Crippen molar-refractivity contribution in [3.05, 3.63) is 89.1 Å². The molecule has 0 unspecified atom stereocenters. The quantitative estimate of drug-likeness (QED) is 0.0479. The van der Waals surface area contributed by atoms with Crippen molar-refractivity contribution in [2.24, 2.45) is 0 Å². The topological polar surface area (TPSA) is 94.0 Å². The fourth-order valence-electron chi connectivity index (χ4n) is 6.19. The third-order valence-electron chi connectivity index (χ3n) is 10.1. The number of amidine groups is 1. The highest BCUT2D eigenvalue weighted by Crippen LogP contribution is 2.38. The predicted molar refractivity (Wildman–Crippen MR) is 199 cm³/mol. The molecule has 1 aliphatic heterocycles. The lowest BCUT2D eigenvalue weighted by Crippen LogP contribution is -2.58. The maximum absolute atomic E-state index is 13.8. The third-order valence-corrected chi connectivity index (χ3v) is 10.1. The molecule has 0 amide bonds. The lowest BCUT2D eigenvalue weighted by Gasteiger charge is -2.35. The molecule has 0 aliphatic carbocycles. The van der Waals surface area contributed by atoms with Crippen LogP contribution in [0.15, 0.2) is 72.8 Å². The highest BCUT2D eigenvalue weighted by molar-refractivity contribution is 5.96. The molecule has 1 aliphatic rings. The Labute approximate surface area is 299 Å². The molecule has 3 aromatic carbocycles. The van der Waals surface area contributed by atoms with Gasteiger partial charge in [0.1, 0.15) is 18.1 Å². The Balaban J connectivity index is 1.33. The molecule has 50 heavy (non-hydrogen) atoms. The monoisotopic (exact) mass is 685 g/mol. The van der Waals surface area contributed by atoms with Gasteiger partial charge in [-0.2, -0.15) is 0 Å². The van der Waals surface area contributed by atoms with Gasteiger partial charge in [0.05, 0.1) is 24.3 Å². The molecule has 0 saturated heterocycles. The molecule has 3 aromatic rings. The fourth-order valence-corrected chi connectivity index (χ4v) is 6.19. The Morgan fingerprint density at radius 3 is 1.56 bits per heavy atom. The van der Waals surface area contributed by atoms with Gasteiger partial charge in [0.2, 0.25) is 0 Å². The first-order valence-corrected chi connectivity index (χ1v) is 18.7. The zero-order chi connectivity index (χ0) is 36.0. The van der Waals surface area contributed by atoms with Crippen molar-refractivity contribution in [1.29, 1.82) is 0 Å². The molecule has 0 saturated carbocycles. The molecule has 8 nitrogen and oxygen atoms in total. The number of nitrogens with zero attached hydrogens (tertiary/aromatic N) is 2. The molecule has 8 heteroatoms. The first-order chi connectivity index (χ1) is 24.1. The molecule has 271 valence electrons. The summed E-state index contributed by atoms with van der Waals surface area (Å²) in [4.78, 5) is 13.0. The molecule has 0 fully saturated rings. The molecule has 4 rings (SSSR count). The molecule has 0 spiro atoms. The summed E-state index contributed by atoms with van der Waals surface area (Å²) in [5, 5.41) is 28.2. The van der Waals surface area contributed by atoms with Crippen LogP contribution >= 0.6 is 0 Å². The highest BCUT2D eigenvalue weighted by Gasteiger charge is 2.63. The first-order valence-electron chi connectivity index (χ1n) is 18.7. The van der Waals surface area contributed by atoms with E-state index in [1.54, 1.807) is 57.2 Å². The van der Waals surface area contributed by atoms with Crippen LogP contribution in [0, 0.1) is 5.21 Å². The number of unbranched alkanes of at least 4 members (excludes halogenated alkanes) is 10. The van der Waals surface area contributed by atoms with Crippen LogP contribution < -0.4 is 9.47 Å². The summed E-state index contributed by atoms with van der Waals surface area (Å²) >= 11 is 0. The smallest absolute Gasteiger partial charge is 0.338 e. The SMILES string of the molecule is CCCCCCCCOc1ccc(C(=O)OC[C@]2(C)[N+]([O-])=C(c3ccc(-c4ccc(OCCCCCCCC)cc4)cc3)N([O])C2(C)C)cc1. The van der Waals surface area contributed by atoms with Crippen LogP contribution in [0.25, 0.3) is 11.1 Å². The summed E-state index contributed by atoms with van der Waals surface area (Å²) in [7, 11) is 0. The second kappa shape index (κ2) is 18.8. The Kier molecular flexibility index (Phi) is 14.6. The normalized spacial score (nSPS) is 16.9. The molecular formula is C42H57N2O6. The summed E-state index contributed by atoms with van der Waals surface area (Å²) in [6.07, 6.45) is 14.5. The Morgan fingerprint density at radius 1 is 0.640 bits per heavy atom. The molecular weight excluding hydrogens is 628 g/mol. The summed E-state index contributed by atoms with van der Waals surface area (Å²) in [5.74, 6) is 0.968. The van der Waals surface area contributed by atoms with Crippen LogP contribution in [0.1, 0.15) is 128 Å². The standard InChI is InChI=1S/C42H57N2O6/c1-6-8-10-12-14-16-30-48-37-26-22-34(23-27-37)33-18-20-35(21-19-33)39-43(46)41(3,4)42(5,44(39)47)32-50-40(45)36-24-28-38(29-25-36)49-31-17-15-13-11-9-7-2/h18-29H,6-17,30-32H2,1-5H3/t42-/m0/s1. The molecule has 1 heterocycles. The maximum Gasteiger partial charge on any atom is 0.338 e. The van der Waals surface area contributed by atoms with Gasteiger partial charge in [-0.05, 0) is 93.3 Å². The van der Waals surface area contributed by atoms with E-state index in [0.29, 0.717) is 34.8 Å². The van der Waals surface area contributed by atoms with E-state index in [-0.39, 0.29) is 12.4 Å². The van der Waals surface area contributed by atoms with Crippen molar-refractivity contribution in [3.63, 3.8) is 0 Å². The van der Waals surface area contributed by atoms with Crippen LogP contribution in [0.3, 0.4) is 0 Å². The van der Waals surface area contributed by atoms with E-state index < -0.39 is 17.0 Å². The second-order valence-electron chi connectivity index (χ2n) is 14.2. The van der Waals surface area contributed by atoms with Crippen LogP contribution in [0.4, 0.5) is 0 Å². The van der Waals surface area contributed by atoms with Gasteiger partial charge in [0, 0.05) is 5.21 Å². The Bertz CT molecular complexity index is 1500. The van der Waals surface area contributed by atoms with E-state index in [9.17, 15) is 15.2 Å². The van der Waals surface area contributed by atoms with E-state index in [0.717, 1.165) is 41.2 Å². The van der Waals surface area contributed by atoms with Crippen molar-refractivity contribution < 1.29 is 29.0 Å². The van der Waals surface area contributed by atoms with Crippen molar-refractivity contribution in [3.8, 4) is 22.6 Å². The number of esters is 1. The van der Waals surface area contributed by atoms with E-state index >= 15 is 0 Å². The average molecular weight is 686 g/mol. The lowest BCUT2D eigenvalue weighted by molar-refractivity contribution is -0.548. The zero-order valence-corrected chi connectivity index (χ0v) is 30.9. The van der Waals surface area contributed by atoms with Crippen LogP contribution in [-0.4, -0.2) is 52.5 Å². The number of carbonyl (C=O) groups is 1. The van der Waals surface area contributed by atoms with Crippen LogP contribution in [-0.2, 0) is 9.94 Å². The summed E-state index contributed by atoms with van der Waals surface area (Å²) in [5.41, 5.74) is 0.307. The largest absolute Gasteiger partial charge is 0.714 e. The lowest BCUT2D eigenvalue weighted by atomic mass is 9.83. The van der Waals surface area contributed by atoms with E-state index in [1.165, 1.54) is 57.8 Å². The minimum atomic E-state index is -1.33. The van der Waals surface area contributed by atoms with Gasteiger partial charge < -0.3 is 19.4 Å². The average Bonchev–Trinajstić information content (AvgIpc) is 3.26. The van der Waals surface area contributed by atoms with Gasteiger partial charge in [-0.1, -0.05) is 107 Å².